The molecule has 1 N–H and O–H groups in total. The number of nitro benzene ring substituents is 2. The first kappa shape index (κ1) is 23.0. The highest BCUT2D eigenvalue weighted by molar-refractivity contribution is 8.00. The van der Waals surface area contributed by atoms with Crippen LogP contribution in [0.15, 0.2) is 71.6 Å². The second-order valence-corrected chi connectivity index (χ2v) is 10.7. The molecule has 3 aromatic rings. The van der Waals surface area contributed by atoms with Gasteiger partial charge in [0.25, 0.3) is 11.4 Å². The van der Waals surface area contributed by atoms with Crippen LogP contribution >= 0.6 is 35.0 Å². The van der Waals surface area contributed by atoms with Gasteiger partial charge in [-0.15, -0.1) is 23.4 Å². The summed E-state index contributed by atoms with van der Waals surface area (Å²) >= 11 is 14.6. The maximum atomic E-state index is 11.5. The van der Waals surface area contributed by atoms with Gasteiger partial charge in [-0.3, -0.25) is 20.2 Å². The average Bonchev–Trinajstić information content (AvgIpc) is 3.15. The van der Waals surface area contributed by atoms with Crippen molar-refractivity contribution >= 4 is 52.0 Å². The minimum atomic E-state index is -0.404. The second-order valence-electron chi connectivity index (χ2n) is 8.45. The van der Waals surface area contributed by atoms with E-state index in [1.807, 2.05) is 24.3 Å². The SMILES string of the molecule is O=[N+]([O-])c1ccc2c(c1)[C@@H]1[C@H](Cl)[C@H](Sc3ccccc3[N+](=O)[O-])C[C@H]1[C@@H](c1ccc(Cl)cc1)N2. The van der Waals surface area contributed by atoms with Crippen LogP contribution in [0.2, 0.25) is 5.02 Å². The summed E-state index contributed by atoms with van der Waals surface area (Å²) in [6, 6.07) is 19.0. The lowest BCUT2D eigenvalue weighted by atomic mass is 9.77. The molecule has 1 aliphatic heterocycles. The topological polar surface area (TPSA) is 98.3 Å². The second kappa shape index (κ2) is 9.09. The summed E-state index contributed by atoms with van der Waals surface area (Å²) in [5.41, 5.74) is 2.74. The number of anilines is 1. The van der Waals surface area contributed by atoms with Crippen LogP contribution in [-0.2, 0) is 0 Å². The molecular formula is C24H19Cl2N3O4S. The Morgan fingerprint density at radius 3 is 2.41 bits per heavy atom. The molecule has 10 heteroatoms. The van der Waals surface area contributed by atoms with E-state index in [4.69, 9.17) is 23.2 Å². The third kappa shape index (κ3) is 4.10. The monoisotopic (exact) mass is 515 g/mol. The zero-order valence-electron chi connectivity index (χ0n) is 17.6. The average molecular weight is 516 g/mol. The van der Waals surface area contributed by atoms with E-state index in [0.717, 1.165) is 16.8 Å². The summed E-state index contributed by atoms with van der Waals surface area (Å²) in [6.45, 7) is 0. The summed E-state index contributed by atoms with van der Waals surface area (Å²) in [5, 5.41) is 26.7. The maximum absolute atomic E-state index is 11.5. The van der Waals surface area contributed by atoms with Crippen molar-refractivity contribution in [1.29, 1.82) is 0 Å². The predicted molar refractivity (Wildman–Crippen MR) is 134 cm³/mol. The number of nitro groups is 2. The summed E-state index contributed by atoms with van der Waals surface area (Å²) in [7, 11) is 0. The van der Waals surface area contributed by atoms with Gasteiger partial charge in [0, 0.05) is 40.1 Å². The number of non-ortho nitro benzene ring substituents is 1. The van der Waals surface area contributed by atoms with E-state index in [1.54, 1.807) is 30.3 Å². The van der Waals surface area contributed by atoms with Crippen molar-refractivity contribution in [3.05, 3.63) is 103 Å². The highest BCUT2D eigenvalue weighted by atomic mass is 35.5. The Hall–Kier alpha value is -2.81. The Morgan fingerprint density at radius 2 is 1.71 bits per heavy atom. The summed E-state index contributed by atoms with van der Waals surface area (Å²) in [6.07, 6.45) is 0.692. The van der Waals surface area contributed by atoms with E-state index in [2.05, 4.69) is 5.32 Å². The maximum Gasteiger partial charge on any atom is 0.282 e. The van der Waals surface area contributed by atoms with Gasteiger partial charge in [-0.25, -0.2) is 0 Å². The third-order valence-corrected chi connectivity index (χ3v) is 8.94. The molecular weight excluding hydrogens is 497 g/mol. The number of benzene rings is 3. The number of hydrogen-bond donors (Lipinski definition) is 1. The minimum Gasteiger partial charge on any atom is -0.378 e. The van der Waals surface area contributed by atoms with Crippen molar-refractivity contribution in [2.45, 2.75) is 33.9 Å². The summed E-state index contributed by atoms with van der Waals surface area (Å²) < 4.78 is 0. The first-order valence-electron chi connectivity index (χ1n) is 10.7. The molecule has 0 aromatic heterocycles. The molecule has 34 heavy (non-hydrogen) atoms. The lowest BCUT2D eigenvalue weighted by molar-refractivity contribution is -0.387. The summed E-state index contributed by atoms with van der Waals surface area (Å²) in [4.78, 5) is 22.8. The molecule has 0 amide bonds. The van der Waals surface area contributed by atoms with Gasteiger partial charge in [-0.2, -0.15) is 0 Å². The van der Waals surface area contributed by atoms with Crippen molar-refractivity contribution in [1.82, 2.24) is 0 Å². The van der Waals surface area contributed by atoms with Crippen LogP contribution in [-0.4, -0.2) is 20.5 Å². The first-order valence-corrected chi connectivity index (χ1v) is 12.4. The van der Waals surface area contributed by atoms with Crippen molar-refractivity contribution in [3.63, 3.8) is 0 Å². The molecule has 0 saturated heterocycles. The Bertz CT molecular complexity index is 1270. The molecule has 3 aromatic carbocycles. The number of hydrogen-bond acceptors (Lipinski definition) is 6. The number of rotatable bonds is 5. The highest BCUT2D eigenvalue weighted by Gasteiger charge is 2.50. The largest absolute Gasteiger partial charge is 0.378 e. The molecule has 1 saturated carbocycles. The number of fused-ring (bicyclic) bond motifs is 3. The van der Waals surface area contributed by atoms with Crippen LogP contribution in [0.5, 0.6) is 0 Å². The van der Waals surface area contributed by atoms with Crippen LogP contribution < -0.4 is 5.32 Å². The molecule has 5 atom stereocenters. The molecule has 7 nitrogen and oxygen atoms in total. The zero-order chi connectivity index (χ0) is 24.0. The van der Waals surface area contributed by atoms with E-state index in [-0.39, 0.29) is 44.8 Å². The van der Waals surface area contributed by atoms with Gasteiger partial charge in [0.2, 0.25) is 0 Å². The van der Waals surface area contributed by atoms with Crippen LogP contribution in [0.4, 0.5) is 17.1 Å². The molecule has 1 fully saturated rings. The zero-order valence-corrected chi connectivity index (χ0v) is 20.0. The number of halogens is 2. The molecule has 5 rings (SSSR count). The third-order valence-electron chi connectivity index (χ3n) is 6.58. The first-order chi connectivity index (χ1) is 16.3. The molecule has 0 bridgehead atoms. The number of nitrogens with zero attached hydrogens (tertiary/aromatic N) is 2. The number of alkyl halides is 1. The van der Waals surface area contributed by atoms with Crippen molar-refractivity contribution in [2.24, 2.45) is 5.92 Å². The molecule has 0 unspecified atom stereocenters. The van der Waals surface area contributed by atoms with Gasteiger partial charge in [-0.1, -0.05) is 35.9 Å². The van der Waals surface area contributed by atoms with Gasteiger partial charge < -0.3 is 5.32 Å². The van der Waals surface area contributed by atoms with E-state index < -0.39 is 4.92 Å². The lowest BCUT2D eigenvalue weighted by Gasteiger charge is -2.38. The van der Waals surface area contributed by atoms with Crippen LogP contribution in [0.25, 0.3) is 0 Å². The highest BCUT2D eigenvalue weighted by Crippen LogP contribution is 2.58. The normalized spacial score (nSPS) is 25.2. The fourth-order valence-electron chi connectivity index (χ4n) is 5.09. The van der Waals surface area contributed by atoms with Crippen LogP contribution in [0, 0.1) is 26.1 Å². The molecule has 0 spiro atoms. The Labute approximate surface area is 209 Å². The number of thioether (sulfide) groups is 1. The molecule has 1 heterocycles. The molecule has 2 aliphatic rings. The van der Waals surface area contributed by atoms with E-state index in [0.29, 0.717) is 16.3 Å². The minimum absolute atomic E-state index is 0.0166. The standard InChI is InChI=1S/C24H19Cl2N3O4S/c25-14-7-5-13(6-8-14)24-17-12-21(34-20-4-2-1-3-19(20)29(32)33)23(26)22(17)16-11-15(28(30)31)9-10-18(16)27-24/h1-11,17,21-24,27H,12H2/t17-,21-,22+,23-,24-/m1/s1. The van der Waals surface area contributed by atoms with Crippen LogP contribution in [0.1, 0.15) is 29.5 Å². The van der Waals surface area contributed by atoms with E-state index in [1.165, 1.54) is 23.9 Å². The fraction of sp³-hybridized carbons (Fsp3) is 0.250. The van der Waals surface area contributed by atoms with Gasteiger partial charge >= 0.3 is 0 Å². The van der Waals surface area contributed by atoms with Gasteiger partial charge in [-0.05, 0) is 47.7 Å². The fourth-order valence-corrected chi connectivity index (χ4v) is 7.16. The quantitative estimate of drug-likeness (QED) is 0.219. The van der Waals surface area contributed by atoms with Gasteiger partial charge in [0.1, 0.15) is 0 Å². The van der Waals surface area contributed by atoms with Crippen molar-refractivity contribution < 1.29 is 9.85 Å². The number of nitrogens with one attached hydrogen (secondary N) is 1. The Morgan fingerprint density at radius 1 is 0.971 bits per heavy atom. The summed E-state index contributed by atoms with van der Waals surface area (Å²) in [5.74, 6) is -0.114. The predicted octanol–water partition coefficient (Wildman–Crippen LogP) is 7.20. The smallest absolute Gasteiger partial charge is 0.282 e. The van der Waals surface area contributed by atoms with E-state index >= 15 is 0 Å². The van der Waals surface area contributed by atoms with Gasteiger partial charge in [0.05, 0.1) is 26.2 Å². The lowest BCUT2D eigenvalue weighted by Crippen LogP contribution is -2.31. The van der Waals surface area contributed by atoms with E-state index in [9.17, 15) is 20.2 Å². The van der Waals surface area contributed by atoms with Crippen LogP contribution in [0.3, 0.4) is 0 Å². The Kier molecular flexibility index (Phi) is 6.14. The van der Waals surface area contributed by atoms with Gasteiger partial charge in [0.15, 0.2) is 0 Å². The molecule has 174 valence electrons. The molecule has 0 radical (unpaired) electrons. The van der Waals surface area contributed by atoms with Crippen molar-refractivity contribution in [2.75, 3.05) is 5.32 Å². The Balaban J connectivity index is 1.55. The van der Waals surface area contributed by atoms with Crippen molar-refractivity contribution in [3.8, 4) is 0 Å². The number of para-hydroxylation sites is 1. The molecule has 1 aliphatic carbocycles.